The van der Waals surface area contributed by atoms with Gasteiger partial charge < -0.3 is 0 Å². The molecule has 0 saturated carbocycles. The highest BCUT2D eigenvalue weighted by molar-refractivity contribution is 7.94. The molecule has 0 aliphatic rings. The van der Waals surface area contributed by atoms with Crippen LogP contribution in [0.25, 0.3) is 0 Å². The van der Waals surface area contributed by atoms with Gasteiger partial charge in [0.25, 0.3) is 0 Å². The van der Waals surface area contributed by atoms with Gasteiger partial charge in [0.1, 0.15) is 0 Å². The lowest BCUT2D eigenvalue weighted by Gasteiger charge is -2.23. The maximum atomic E-state index is 11.2. The molecule has 0 rings (SSSR count). The van der Waals surface area contributed by atoms with E-state index in [4.69, 9.17) is 15.7 Å². The van der Waals surface area contributed by atoms with E-state index >= 15 is 0 Å². The number of carbonyl (C=O) groups is 1. The van der Waals surface area contributed by atoms with E-state index < -0.39 is 6.03 Å². The lowest BCUT2D eigenvalue weighted by molar-refractivity contribution is -0.432. The maximum Gasteiger partial charge on any atom is 0.355 e. The highest BCUT2D eigenvalue weighted by atomic mass is 32.2. The molecule has 11 nitrogen and oxygen atoms in total. The van der Waals surface area contributed by atoms with Gasteiger partial charge in [-0.15, -0.1) is 8.67 Å². The first-order chi connectivity index (χ1) is 9.11. The maximum absolute atomic E-state index is 11.2. The molecule has 2 amide bonds. The molecule has 0 aromatic heterocycles. The van der Waals surface area contributed by atoms with E-state index in [1.165, 1.54) is 12.1 Å². The van der Waals surface area contributed by atoms with Crippen LogP contribution in [0.1, 0.15) is 0 Å². The number of hydroxylamine groups is 2. The molecule has 0 aliphatic heterocycles. The Labute approximate surface area is 117 Å². The smallest absolute Gasteiger partial charge is 0.285 e. The highest BCUT2D eigenvalue weighted by Gasteiger charge is 2.12. The Kier molecular flexibility index (Phi) is 12.4. The number of hydrogen-bond donors (Lipinski definition) is 4. The third kappa shape index (κ3) is 11.2. The van der Waals surface area contributed by atoms with Gasteiger partial charge in [-0.1, -0.05) is 10.1 Å². The van der Waals surface area contributed by atoms with Gasteiger partial charge in [0.05, 0.1) is 0 Å². The molecule has 0 unspecified atom stereocenters. The first-order valence-corrected chi connectivity index (χ1v) is 6.61. The van der Waals surface area contributed by atoms with Crippen molar-refractivity contribution in [1.82, 2.24) is 15.5 Å². The molecule has 19 heavy (non-hydrogen) atoms. The third-order valence-electron chi connectivity index (χ3n) is 1.59. The van der Waals surface area contributed by atoms with Crippen molar-refractivity contribution >= 4 is 30.1 Å². The lowest BCUT2D eigenvalue weighted by Crippen LogP contribution is -2.48. The molecule has 114 valence electrons. The summed E-state index contributed by atoms with van der Waals surface area (Å²) in [6, 6.07) is -0.728. The van der Waals surface area contributed by atoms with Gasteiger partial charge in [-0.3, -0.25) is 10.6 Å². The van der Waals surface area contributed by atoms with Crippen molar-refractivity contribution in [3.63, 3.8) is 0 Å². The van der Waals surface area contributed by atoms with Gasteiger partial charge in [0.15, 0.2) is 0 Å². The van der Waals surface area contributed by atoms with Crippen LogP contribution >= 0.6 is 24.1 Å². The number of hydrogen-bond acceptors (Lipinski definition) is 11. The van der Waals surface area contributed by atoms with Crippen LogP contribution in [0.4, 0.5) is 4.79 Å². The molecule has 0 aliphatic carbocycles. The summed E-state index contributed by atoms with van der Waals surface area (Å²) in [5.41, 5.74) is 2.40. The average molecular weight is 321 g/mol. The Bertz CT molecular complexity index is 225. The summed E-state index contributed by atoms with van der Waals surface area (Å²) >= 11 is 1.63. The summed E-state index contributed by atoms with van der Waals surface area (Å²) in [5.74, 6) is 0.718. The summed E-state index contributed by atoms with van der Waals surface area (Å²) in [5, 5.41) is 33.4. The fourth-order valence-corrected chi connectivity index (χ4v) is 1.65. The average Bonchev–Trinajstić information content (AvgIpc) is 2.38. The normalized spacial score (nSPS) is 10.8. The predicted octanol–water partition coefficient (Wildman–Crippen LogP) is 0.373. The standard InChI is InChI=1S/C6H15N3O8S2/c1-8(11)6(10)7-9(2-4-18-16-14-12)3-5-19-17-15-13/h11-13H,2-5H2,1H3,(H,7,10). The Balaban J connectivity index is 3.95. The van der Waals surface area contributed by atoms with Crippen molar-refractivity contribution < 1.29 is 39.3 Å². The summed E-state index contributed by atoms with van der Waals surface area (Å²) in [6.45, 7) is 0.655. The molecule has 0 spiro atoms. The number of nitrogens with zero attached hydrogens (tertiary/aromatic N) is 2. The summed E-state index contributed by atoms with van der Waals surface area (Å²) < 4.78 is 8.34. The molecular weight excluding hydrogens is 306 g/mol. The second-order valence-corrected chi connectivity index (χ2v) is 4.42. The first kappa shape index (κ1) is 18.7. The minimum atomic E-state index is -0.728. The Hall–Kier alpha value is -0.350. The van der Waals surface area contributed by atoms with Crippen molar-refractivity contribution in [2.75, 3.05) is 31.6 Å². The van der Waals surface area contributed by atoms with Crippen LogP contribution in [-0.2, 0) is 18.7 Å². The zero-order chi connectivity index (χ0) is 14.5. The van der Waals surface area contributed by atoms with Gasteiger partial charge in [0, 0.05) is 55.7 Å². The summed E-state index contributed by atoms with van der Waals surface area (Å²) in [4.78, 5) is 11.2. The molecule has 0 fully saturated rings. The van der Waals surface area contributed by atoms with Crippen LogP contribution in [0.2, 0.25) is 0 Å². The second-order valence-electron chi connectivity index (χ2n) is 2.86. The van der Waals surface area contributed by atoms with Crippen LogP contribution in [-0.4, -0.2) is 63.5 Å². The van der Waals surface area contributed by atoms with Crippen molar-refractivity contribution in [2.45, 2.75) is 0 Å². The Morgan fingerprint density at radius 3 is 2.00 bits per heavy atom. The second kappa shape index (κ2) is 12.7. The largest absolute Gasteiger partial charge is 0.355 e. The van der Waals surface area contributed by atoms with E-state index in [-0.39, 0.29) is 0 Å². The van der Waals surface area contributed by atoms with E-state index in [1.54, 1.807) is 0 Å². The van der Waals surface area contributed by atoms with Crippen molar-refractivity contribution in [3.05, 3.63) is 0 Å². The van der Waals surface area contributed by atoms with Gasteiger partial charge >= 0.3 is 6.03 Å². The number of carbonyl (C=O) groups excluding carboxylic acids is 1. The summed E-state index contributed by atoms with van der Waals surface area (Å²) in [7, 11) is 1.17. The van der Waals surface area contributed by atoms with Crippen molar-refractivity contribution in [1.29, 1.82) is 0 Å². The fraction of sp³-hybridized carbons (Fsp3) is 0.833. The van der Waals surface area contributed by atoms with Gasteiger partial charge in [0.2, 0.25) is 0 Å². The van der Waals surface area contributed by atoms with Crippen LogP contribution in [0.5, 0.6) is 0 Å². The monoisotopic (exact) mass is 321 g/mol. The number of hydrazine groups is 1. The molecule has 0 bridgehead atoms. The minimum absolute atomic E-state index is 0.328. The molecule has 4 N–H and O–H groups in total. The quantitative estimate of drug-likeness (QED) is 0.138. The Morgan fingerprint density at radius 1 is 1.16 bits per heavy atom. The van der Waals surface area contributed by atoms with Crippen LogP contribution in [0, 0.1) is 0 Å². The van der Waals surface area contributed by atoms with Crippen molar-refractivity contribution in [3.8, 4) is 0 Å². The van der Waals surface area contributed by atoms with Gasteiger partial charge in [-0.25, -0.2) is 25.4 Å². The molecule has 0 atom stereocenters. The molecular formula is C6H15N3O8S2. The number of urea groups is 1. The molecule has 13 heteroatoms. The van der Waals surface area contributed by atoms with E-state index in [0.717, 1.165) is 24.1 Å². The van der Waals surface area contributed by atoms with Crippen LogP contribution < -0.4 is 5.43 Å². The number of nitrogens with one attached hydrogen (secondary N) is 1. The van der Waals surface area contributed by atoms with Gasteiger partial charge in [-0.2, -0.15) is 0 Å². The van der Waals surface area contributed by atoms with E-state index in [9.17, 15) is 4.79 Å². The van der Waals surface area contributed by atoms with E-state index in [0.29, 0.717) is 29.7 Å². The van der Waals surface area contributed by atoms with E-state index in [1.807, 2.05) is 0 Å². The fourth-order valence-electron chi connectivity index (χ4n) is 0.837. The Morgan fingerprint density at radius 2 is 1.63 bits per heavy atom. The highest BCUT2D eigenvalue weighted by Crippen LogP contribution is 2.05. The summed E-state index contributed by atoms with van der Waals surface area (Å²) in [6.07, 6.45) is 0. The molecule has 0 radical (unpaired) electrons. The lowest BCUT2D eigenvalue weighted by atomic mass is 10.6. The van der Waals surface area contributed by atoms with Crippen LogP contribution in [0.3, 0.4) is 0 Å². The van der Waals surface area contributed by atoms with Crippen LogP contribution in [0.15, 0.2) is 0 Å². The van der Waals surface area contributed by atoms with Crippen molar-refractivity contribution in [2.24, 2.45) is 0 Å². The van der Waals surface area contributed by atoms with E-state index in [2.05, 4.69) is 24.2 Å². The zero-order valence-electron chi connectivity index (χ0n) is 9.92. The van der Waals surface area contributed by atoms with Gasteiger partial charge in [-0.05, 0) is 0 Å². The minimum Gasteiger partial charge on any atom is -0.285 e. The number of amides is 2. The predicted molar refractivity (Wildman–Crippen MR) is 64.2 cm³/mol. The number of rotatable bonds is 11. The SMILES string of the molecule is CN(O)C(=O)NN(CCSOOO)CCSOOO. The third-order valence-corrected chi connectivity index (χ3v) is 2.61. The first-order valence-electron chi connectivity index (χ1n) is 4.79. The molecule has 0 aromatic rings. The molecule has 0 aromatic carbocycles. The topological polar surface area (TPSA) is 133 Å². The zero-order valence-corrected chi connectivity index (χ0v) is 11.6. The molecule has 0 heterocycles. The molecule has 0 saturated heterocycles.